The van der Waals surface area contributed by atoms with E-state index in [0.29, 0.717) is 19.3 Å². The Morgan fingerprint density at radius 2 is 0.532 bits per heavy atom. The summed E-state index contributed by atoms with van der Waals surface area (Å²) in [6.07, 6.45) is 58.8. The van der Waals surface area contributed by atoms with E-state index in [4.69, 9.17) is 14.2 Å². The van der Waals surface area contributed by atoms with Gasteiger partial charge in [0, 0.05) is 19.3 Å². The number of allylic oxidation sites excluding steroid dienone is 4. The van der Waals surface area contributed by atoms with E-state index in [1.807, 2.05) is 0 Å². The van der Waals surface area contributed by atoms with E-state index in [-0.39, 0.29) is 31.1 Å². The van der Waals surface area contributed by atoms with Crippen molar-refractivity contribution < 1.29 is 28.6 Å². The first kappa shape index (κ1) is 59.9. The van der Waals surface area contributed by atoms with Gasteiger partial charge in [-0.1, -0.05) is 231 Å². The lowest BCUT2D eigenvalue weighted by Crippen LogP contribution is -2.30. The highest BCUT2D eigenvalue weighted by atomic mass is 16.6. The number of rotatable bonds is 50. The van der Waals surface area contributed by atoms with Crippen molar-refractivity contribution in [3.63, 3.8) is 0 Å². The number of carbonyl (C=O) groups excluding carboxylic acids is 3. The first-order valence-corrected chi connectivity index (χ1v) is 27.3. The molecule has 0 N–H and O–H groups in total. The van der Waals surface area contributed by atoms with Crippen molar-refractivity contribution in [1.29, 1.82) is 0 Å². The van der Waals surface area contributed by atoms with Crippen molar-refractivity contribution in [2.75, 3.05) is 13.2 Å². The van der Waals surface area contributed by atoms with Gasteiger partial charge in [0.15, 0.2) is 6.10 Å². The summed E-state index contributed by atoms with van der Waals surface area (Å²) >= 11 is 0. The molecular formula is C56H104O6. The fourth-order valence-corrected chi connectivity index (χ4v) is 8.02. The van der Waals surface area contributed by atoms with Crippen LogP contribution in [0.3, 0.4) is 0 Å². The molecule has 364 valence electrons. The van der Waals surface area contributed by atoms with Gasteiger partial charge in [-0.15, -0.1) is 0 Å². The highest BCUT2D eigenvalue weighted by Gasteiger charge is 2.19. The van der Waals surface area contributed by atoms with Gasteiger partial charge in [-0.25, -0.2) is 0 Å². The highest BCUT2D eigenvalue weighted by Crippen LogP contribution is 2.16. The monoisotopic (exact) mass is 873 g/mol. The maximum atomic E-state index is 12.8. The zero-order valence-corrected chi connectivity index (χ0v) is 41.7. The van der Waals surface area contributed by atoms with E-state index < -0.39 is 6.10 Å². The van der Waals surface area contributed by atoms with Gasteiger partial charge in [0.2, 0.25) is 0 Å². The van der Waals surface area contributed by atoms with E-state index in [0.717, 1.165) is 70.6 Å². The summed E-state index contributed by atoms with van der Waals surface area (Å²) < 4.78 is 16.8. The zero-order valence-electron chi connectivity index (χ0n) is 41.7. The Labute approximate surface area is 385 Å². The molecule has 0 radical (unpaired) electrons. The van der Waals surface area contributed by atoms with Crippen LogP contribution in [0.5, 0.6) is 0 Å². The molecule has 0 saturated heterocycles. The number of hydrogen-bond donors (Lipinski definition) is 0. The van der Waals surface area contributed by atoms with Gasteiger partial charge >= 0.3 is 17.9 Å². The second-order valence-corrected chi connectivity index (χ2v) is 18.5. The van der Waals surface area contributed by atoms with E-state index in [1.54, 1.807) is 0 Å². The average Bonchev–Trinajstić information content (AvgIpc) is 3.27. The molecule has 0 aliphatic heterocycles. The Kier molecular flexibility index (Phi) is 49.8. The summed E-state index contributed by atoms with van der Waals surface area (Å²) in [6, 6.07) is 0. The van der Waals surface area contributed by atoms with Crippen LogP contribution < -0.4 is 0 Å². The molecule has 0 aliphatic rings. The van der Waals surface area contributed by atoms with Crippen LogP contribution in [0, 0.1) is 0 Å². The minimum absolute atomic E-state index is 0.0744. The fourth-order valence-electron chi connectivity index (χ4n) is 8.02. The minimum Gasteiger partial charge on any atom is -0.462 e. The molecule has 0 saturated carbocycles. The average molecular weight is 873 g/mol. The summed E-state index contributed by atoms with van der Waals surface area (Å²) in [5, 5.41) is 0. The summed E-state index contributed by atoms with van der Waals surface area (Å²) in [5.74, 6) is -0.875. The van der Waals surface area contributed by atoms with E-state index in [9.17, 15) is 14.4 Å². The molecule has 0 aliphatic carbocycles. The van der Waals surface area contributed by atoms with Gasteiger partial charge < -0.3 is 14.2 Å². The van der Waals surface area contributed by atoms with Crippen LogP contribution in [-0.2, 0) is 28.6 Å². The molecule has 6 nitrogen and oxygen atoms in total. The first-order chi connectivity index (χ1) is 30.5. The predicted molar refractivity (Wildman–Crippen MR) is 266 cm³/mol. The van der Waals surface area contributed by atoms with Crippen molar-refractivity contribution in [3.8, 4) is 0 Å². The number of hydrogen-bond acceptors (Lipinski definition) is 6. The van der Waals surface area contributed by atoms with Crippen LogP contribution in [-0.4, -0.2) is 37.2 Å². The summed E-state index contributed by atoms with van der Waals surface area (Å²) in [5.41, 5.74) is 0. The van der Waals surface area contributed by atoms with Crippen LogP contribution in [0.15, 0.2) is 24.3 Å². The third kappa shape index (κ3) is 48.9. The summed E-state index contributed by atoms with van der Waals surface area (Å²) in [6.45, 7) is 6.63. The molecule has 0 aromatic rings. The van der Waals surface area contributed by atoms with Gasteiger partial charge in [0.1, 0.15) is 13.2 Å². The van der Waals surface area contributed by atoms with Crippen LogP contribution in [0.2, 0.25) is 0 Å². The predicted octanol–water partition coefficient (Wildman–Crippen LogP) is 17.9. The maximum Gasteiger partial charge on any atom is 0.306 e. The summed E-state index contributed by atoms with van der Waals surface area (Å²) in [4.78, 5) is 38.0. The van der Waals surface area contributed by atoms with Crippen LogP contribution in [0.1, 0.15) is 297 Å². The Morgan fingerprint density at radius 1 is 0.306 bits per heavy atom. The molecule has 6 heteroatoms. The van der Waals surface area contributed by atoms with Gasteiger partial charge in [-0.3, -0.25) is 14.4 Å². The standard InChI is InChI=1S/C56H104O6/c1-4-7-10-13-16-19-22-25-27-28-29-30-32-34-37-40-43-46-49-55(58)61-52-53(51-60-54(57)48-45-42-39-36-33-24-21-18-15-12-9-6-3)62-56(59)50-47-44-41-38-35-31-26-23-20-17-14-11-8-5-2/h18,21,29-30,53H,4-17,19-20,22-28,31-52H2,1-3H3/b21-18-,30-29-. The van der Waals surface area contributed by atoms with Crippen LogP contribution >= 0.6 is 0 Å². The van der Waals surface area contributed by atoms with Crippen molar-refractivity contribution in [2.24, 2.45) is 0 Å². The quantitative estimate of drug-likeness (QED) is 0.0262. The number of carbonyl (C=O) groups is 3. The first-order valence-electron chi connectivity index (χ1n) is 27.3. The Morgan fingerprint density at radius 3 is 0.839 bits per heavy atom. The van der Waals surface area contributed by atoms with Gasteiger partial charge in [-0.2, -0.15) is 0 Å². The molecule has 0 heterocycles. The van der Waals surface area contributed by atoms with E-state index in [1.165, 1.54) is 186 Å². The van der Waals surface area contributed by atoms with Gasteiger partial charge in [-0.05, 0) is 70.6 Å². The zero-order chi connectivity index (χ0) is 45.1. The number of ether oxygens (including phenoxy) is 3. The Hall–Kier alpha value is -2.11. The van der Waals surface area contributed by atoms with Crippen molar-refractivity contribution in [3.05, 3.63) is 24.3 Å². The molecule has 62 heavy (non-hydrogen) atoms. The summed E-state index contributed by atoms with van der Waals surface area (Å²) in [7, 11) is 0. The van der Waals surface area contributed by atoms with E-state index >= 15 is 0 Å². The Bertz CT molecular complexity index is 1000. The molecule has 0 fully saturated rings. The lowest BCUT2D eigenvalue weighted by Gasteiger charge is -2.18. The largest absolute Gasteiger partial charge is 0.462 e. The second kappa shape index (κ2) is 51.5. The number of unbranched alkanes of at least 4 members (excludes halogenated alkanes) is 35. The highest BCUT2D eigenvalue weighted by molar-refractivity contribution is 5.71. The molecule has 0 rings (SSSR count). The molecule has 0 bridgehead atoms. The van der Waals surface area contributed by atoms with Crippen molar-refractivity contribution >= 4 is 17.9 Å². The topological polar surface area (TPSA) is 78.9 Å². The van der Waals surface area contributed by atoms with Crippen LogP contribution in [0.4, 0.5) is 0 Å². The fraction of sp³-hybridized carbons (Fsp3) is 0.875. The maximum absolute atomic E-state index is 12.8. The normalized spacial score (nSPS) is 12.1. The minimum atomic E-state index is -0.773. The smallest absolute Gasteiger partial charge is 0.306 e. The molecule has 0 aromatic carbocycles. The third-order valence-electron chi connectivity index (χ3n) is 12.2. The van der Waals surface area contributed by atoms with Crippen molar-refractivity contribution in [2.45, 2.75) is 303 Å². The Balaban J connectivity index is 4.33. The van der Waals surface area contributed by atoms with Gasteiger partial charge in [0.25, 0.3) is 0 Å². The SMILES string of the molecule is CCCCC/C=C\CCCCCCCC(=O)OCC(COC(=O)CCCCCCC/C=C\CCCCCCCCCCC)OC(=O)CCCCCCCCCCCCCCCC. The molecule has 1 atom stereocenters. The third-order valence-corrected chi connectivity index (χ3v) is 12.2. The lowest BCUT2D eigenvalue weighted by molar-refractivity contribution is -0.167. The molecule has 1 unspecified atom stereocenters. The number of esters is 3. The molecule has 0 aromatic heterocycles. The molecule has 0 amide bonds. The van der Waals surface area contributed by atoms with E-state index in [2.05, 4.69) is 45.1 Å². The van der Waals surface area contributed by atoms with Crippen LogP contribution in [0.25, 0.3) is 0 Å². The molecular weight excluding hydrogens is 769 g/mol. The van der Waals surface area contributed by atoms with Crippen molar-refractivity contribution in [1.82, 2.24) is 0 Å². The van der Waals surface area contributed by atoms with Gasteiger partial charge in [0.05, 0.1) is 0 Å². The lowest BCUT2D eigenvalue weighted by atomic mass is 10.0. The second-order valence-electron chi connectivity index (χ2n) is 18.5. The molecule has 0 spiro atoms.